The third-order valence-corrected chi connectivity index (χ3v) is 4.07. The number of halogens is 2. The first-order valence-corrected chi connectivity index (χ1v) is 7.94. The Labute approximate surface area is 149 Å². The van der Waals surface area contributed by atoms with Crippen molar-refractivity contribution in [1.29, 1.82) is 0 Å². The van der Waals surface area contributed by atoms with Crippen molar-refractivity contribution in [1.82, 2.24) is 5.16 Å². The standard InChI is InChI=1S/C16H16Cl2N2O4/c1-9-12(10(2)24-20-9)4-6-16(22)23-8-15(21)19-11-3-5-13(17)14(18)7-11/h3,5,7H,4,6,8H2,1-2H3,(H,19,21). The molecule has 1 amide bonds. The molecular formula is C16H16Cl2N2O4. The molecule has 0 saturated heterocycles. The Morgan fingerprint density at radius 2 is 2.00 bits per heavy atom. The van der Waals surface area contributed by atoms with E-state index in [4.69, 9.17) is 32.5 Å². The molecule has 2 rings (SSSR count). The summed E-state index contributed by atoms with van der Waals surface area (Å²) in [6.07, 6.45) is 0.595. The van der Waals surface area contributed by atoms with Crippen LogP contribution in [0.2, 0.25) is 10.0 Å². The van der Waals surface area contributed by atoms with Crippen molar-refractivity contribution in [3.63, 3.8) is 0 Å². The van der Waals surface area contributed by atoms with Gasteiger partial charge in [-0.05, 0) is 38.5 Å². The lowest BCUT2D eigenvalue weighted by atomic mass is 10.1. The molecule has 0 atom stereocenters. The summed E-state index contributed by atoms with van der Waals surface area (Å²) >= 11 is 11.7. The highest BCUT2D eigenvalue weighted by Gasteiger charge is 2.13. The molecule has 6 nitrogen and oxygen atoms in total. The number of esters is 1. The number of benzene rings is 1. The first kappa shape index (κ1) is 18.3. The van der Waals surface area contributed by atoms with Crippen LogP contribution in [0, 0.1) is 13.8 Å². The Kier molecular flexibility index (Phi) is 6.23. The minimum absolute atomic E-state index is 0.142. The second kappa shape index (κ2) is 8.17. The Hall–Kier alpha value is -2.05. The number of carbonyl (C=O) groups is 2. The van der Waals surface area contributed by atoms with Crippen LogP contribution in [0.3, 0.4) is 0 Å². The van der Waals surface area contributed by atoms with Crippen LogP contribution in [0.25, 0.3) is 0 Å². The molecule has 1 heterocycles. The molecule has 0 radical (unpaired) electrons. The van der Waals surface area contributed by atoms with Gasteiger partial charge in [0.25, 0.3) is 5.91 Å². The highest BCUT2D eigenvalue weighted by molar-refractivity contribution is 6.42. The summed E-state index contributed by atoms with van der Waals surface area (Å²) < 4.78 is 9.97. The van der Waals surface area contributed by atoms with Crippen LogP contribution < -0.4 is 5.32 Å². The fraction of sp³-hybridized carbons (Fsp3) is 0.312. The van der Waals surface area contributed by atoms with Gasteiger partial charge < -0.3 is 14.6 Å². The molecule has 24 heavy (non-hydrogen) atoms. The van der Waals surface area contributed by atoms with Crippen molar-refractivity contribution in [2.45, 2.75) is 26.7 Å². The quantitative estimate of drug-likeness (QED) is 0.783. The SMILES string of the molecule is Cc1noc(C)c1CCC(=O)OCC(=O)Nc1ccc(Cl)c(Cl)c1. The van der Waals surface area contributed by atoms with Crippen LogP contribution in [0.1, 0.15) is 23.4 Å². The van der Waals surface area contributed by atoms with E-state index in [9.17, 15) is 9.59 Å². The van der Waals surface area contributed by atoms with E-state index in [-0.39, 0.29) is 13.0 Å². The van der Waals surface area contributed by atoms with Crippen LogP contribution >= 0.6 is 23.2 Å². The van der Waals surface area contributed by atoms with Crippen molar-refractivity contribution < 1.29 is 18.8 Å². The third kappa shape index (κ3) is 4.97. The minimum atomic E-state index is -0.473. The topological polar surface area (TPSA) is 81.4 Å². The van der Waals surface area contributed by atoms with E-state index in [1.54, 1.807) is 19.1 Å². The molecule has 0 aliphatic rings. The van der Waals surface area contributed by atoms with Gasteiger partial charge in [0, 0.05) is 17.7 Å². The smallest absolute Gasteiger partial charge is 0.306 e. The van der Waals surface area contributed by atoms with Gasteiger partial charge in [0.05, 0.1) is 15.7 Å². The second-order valence-electron chi connectivity index (χ2n) is 5.14. The zero-order valence-electron chi connectivity index (χ0n) is 13.2. The maximum atomic E-state index is 11.8. The van der Waals surface area contributed by atoms with Crippen molar-refractivity contribution >= 4 is 40.8 Å². The highest BCUT2D eigenvalue weighted by Crippen LogP contribution is 2.24. The molecule has 0 unspecified atom stereocenters. The van der Waals surface area contributed by atoms with Crippen LogP contribution in [0.5, 0.6) is 0 Å². The molecule has 0 fully saturated rings. The predicted molar refractivity (Wildman–Crippen MR) is 90.3 cm³/mol. The van der Waals surface area contributed by atoms with Crippen LogP contribution in [0.15, 0.2) is 22.7 Å². The Bertz CT molecular complexity index is 739. The average molecular weight is 371 g/mol. The first-order chi connectivity index (χ1) is 11.4. The summed E-state index contributed by atoms with van der Waals surface area (Å²) in [5.74, 6) is -0.254. The Balaban J connectivity index is 1.76. The zero-order valence-corrected chi connectivity index (χ0v) is 14.7. The number of aromatic nitrogens is 1. The predicted octanol–water partition coefficient (Wildman–Crippen LogP) is 3.71. The van der Waals surface area contributed by atoms with E-state index in [2.05, 4.69) is 10.5 Å². The lowest BCUT2D eigenvalue weighted by Gasteiger charge is -2.07. The van der Waals surface area contributed by atoms with Gasteiger partial charge in [-0.25, -0.2) is 0 Å². The summed E-state index contributed by atoms with van der Waals surface area (Å²) in [5, 5.41) is 7.10. The molecule has 0 bridgehead atoms. The van der Waals surface area contributed by atoms with Crippen molar-refractivity contribution in [3.05, 3.63) is 45.3 Å². The highest BCUT2D eigenvalue weighted by atomic mass is 35.5. The van der Waals surface area contributed by atoms with E-state index < -0.39 is 11.9 Å². The van der Waals surface area contributed by atoms with E-state index in [1.807, 2.05) is 6.92 Å². The van der Waals surface area contributed by atoms with Crippen molar-refractivity contribution in [2.75, 3.05) is 11.9 Å². The van der Waals surface area contributed by atoms with Gasteiger partial charge in [0.1, 0.15) is 5.76 Å². The molecule has 0 spiro atoms. The molecule has 1 N–H and O–H groups in total. The lowest BCUT2D eigenvalue weighted by Crippen LogP contribution is -2.21. The largest absolute Gasteiger partial charge is 0.456 e. The van der Waals surface area contributed by atoms with Gasteiger partial charge in [-0.2, -0.15) is 0 Å². The zero-order chi connectivity index (χ0) is 17.7. The normalized spacial score (nSPS) is 10.5. The molecule has 0 aliphatic heterocycles. The maximum absolute atomic E-state index is 11.8. The van der Waals surface area contributed by atoms with Gasteiger partial charge in [0.15, 0.2) is 6.61 Å². The van der Waals surface area contributed by atoms with Gasteiger partial charge in [-0.3, -0.25) is 9.59 Å². The minimum Gasteiger partial charge on any atom is -0.456 e. The number of rotatable bonds is 6. The molecule has 1 aromatic carbocycles. The number of carbonyl (C=O) groups excluding carboxylic acids is 2. The average Bonchev–Trinajstić information content (AvgIpc) is 2.85. The van der Waals surface area contributed by atoms with Crippen LogP contribution in [0.4, 0.5) is 5.69 Å². The van der Waals surface area contributed by atoms with Crippen LogP contribution in [-0.2, 0) is 20.7 Å². The van der Waals surface area contributed by atoms with Crippen LogP contribution in [-0.4, -0.2) is 23.6 Å². The molecule has 128 valence electrons. The summed E-state index contributed by atoms with van der Waals surface area (Å²) in [6, 6.07) is 4.68. The Morgan fingerprint density at radius 1 is 1.25 bits per heavy atom. The lowest BCUT2D eigenvalue weighted by molar-refractivity contribution is -0.147. The van der Waals surface area contributed by atoms with Gasteiger partial charge in [0.2, 0.25) is 0 Å². The first-order valence-electron chi connectivity index (χ1n) is 7.19. The number of anilines is 1. The number of hydrogen-bond donors (Lipinski definition) is 1. The molecule has 0 aliphatic carbocycles. The van der Waals surface area contributed by atoms with Gasteiger partial charge >= 0.3 is 5.97 Å². The van der Waals surface area contributed by atoms with Crippen molar-refractivity contribution in [2.24, 2.45) is 0 Å². The monoisotopic (exact) mass is 370 g/mol. The number of nitrogens with zero attached hydrogens (tertiary/aromatic N) is 1. The summed E-state index contributed by atoms with van der Waals surface area (Å²) in [6.45, 7) is 3.22. The van der Waals surface area contributed by atoms with E-state index in [1.165, 1.54) is 6.07 Å². The van der Waals surface area contributed by atoms with E-state index in [0.29, 0.717) is 27.9 Å². The summed E-state index contributed by atoms with van der Waals surface area (Å²) in [5.41, 5.74) is 2.10. The summed E-state index contributed by atoms with van der Waals surface area (Å²) in [4.78, 5) is 23.5. The molecule has 8 heteroatoms. The molecule has 2 aromatic rings. The van der Waals surface area contributed by atoms with E-state index in [0.717, 1.165) is 11.3 Å². The van der Waals surface area contributed by atoms with Crippen molar-refractivity contribution in [3.8, 4) is 0 Å². The second-order valence-corrected chi connectivity index (χ2v) is 5.95. The Morgan fingerprint density at radius 3 is 2.62 bits per heavy atom. The third-order valence-electron chi connectivity index (χ3n) is 3.33. The summed E-state index contributed by atoms with van der Waals surface area (Å²) in [7, 11) is 0. The molecule has 0 saturated carbocycles. The molecular weight excluding hydrogens is 355 g/mol. The fourth-order valence-corrected chi connectivity index (χ4v) is 2.37. The number of amides is 1. The maximum Gasteiger partial charge on any atom is 0.306 e. The number of nitrogens with one attached hydrogen (secondary N) is 1. The molecule has 1 aromatic heterocycles. The number of ether oxygens (including phenoxy) is 1. The van der Waals surface area contributed by atoms with Gasteiger partial charge in [-0.1, -0.05) is 28.4 Å². The fourth-order valence-electron chi connectivity index (χ4n) is 2.08. The number of hydrogen-bond acceptors (Lipinski definition) is 5. The van der Waals surface area contributed by atoms with Gasteiger partial charge in [-0.15, -0.1) is 0 Å². The number of aryl methyl sites for hydroxylation is 2. The van der Waals surface area contributed by atoms with E-state index >= 15 is 0 Å².